The number of rotatable bonds is 7. The summed E-state index contributed by atoms with van der Waals surface area (Å²) in [6, 6.07) is 13.6. The van der Waals surface area contributed by atoms with E-state index in [2.05, 4.69) is 15.5 Å². The zero-order chi connectivity index (χ0) is 20.1. The number of aryl methyl sites for hydroxylation is 2. The van der Waals surface area contributed by atoms with Gasteiger partial charge in [0, 0.05) is 5.69 Å². The van der Waals surface area contributed by atoms with Crippen LogP contribution >= 0.6 is 11.8 Å². The molecule has 3 rings (SSSR count). The van der Waals surface area contributed by atoms with Crippen molar-refractivity contribution in [2.75, 3.05) is 12.4 Å². The Hall–Kier alpha value is -2.80. The van der Waals surface area contributed by atoms with Crippen LogP contribution in [0.1, 0.15) is 29.5 Å². The summed E-state index contributed by atoms with van der Waals surface area (Å²) in [5, 5.41) is 11.1. The second-order valence-corrected chi connectivity index (χ2v) is 7.85. The van der Waals surface area contributed by atoms with Crippen molar-refractivity contribution < 1.29 is 13.9 Å². The molecule has 0 fully saturated rings. The lowest BCUT2D eigenvalue weighted by Crippen LogP contribution is -2.22. The Kier molecular flexibility index (Phi) is 6.36. The van der Waals surface area contributed by atoms with Crippen molar-refractivity contribution in [3.8, 4) is 5.75 Å². The van der Waals surface area contributed by atoms with Crippen LogP contribution in [0.15, 0.2) is 52.1 Å². The lowest BCUT2D eigenvalue weighted by Gasteiger charge is -2.12. The van der Waals surface area contributed by atoms with Gasteiger partial charge in [0.2, 0.25) is 11.8 Å². The molecule has 2 aromatic carbocycles. The molecule has 0 aliphatic heterocycles. The summed E-state index contributed by atoms with van der Waals surface area (Å²) in [6.07, 6.45) is 0.528. The average molecular weight is 398 g/mol. The van der Waals surface area contributed by atoms with Crippen molar-refractivity contribution in [1.82, 2.24) is 10.2 Å². The van der Waals surface area contributed by atoms with Crippen molar-refractivity contribution in [2.45, 2.75) is 37.7 Å². The Balaban J connectivity index is 1.58. The summed E-state index contributed by atoms with van der Waals surface area (Å²) >= 11 is 1.25. The molecule has 1 atom stereocenters. The summed E-state index contributed by atoms with van der Waals surface area (Å²) < 4.78 is 10.8. The van der Waals surface area contributed by atoms with Gasteiger partial charge in [-0.15, -0.1) is 10.2 Å². The average Bonchev–Trinajstić information content (AvgIpc) is 3.11. The number of nitrogens with one attached hydrogen (secondary N) is 1. The van der Waals surface area contributed by atoms with Gasteiger partial charge in [-0.05, 0) is 50.1 Å². The maximum atomic E-state index is 12.5. The fourth-order valence-electron chi connectivity index (χ4n) is 2.67. The van der Waals surface area contributed by atoms with Gasteiger partial charge in [-0.1, -0.05) is 41.6 Å². The van der Waals surface area contributed by atoms with Crippen LogP contribution in [0.3, 0.4) is 0 Å². The third kappa shape index (κ3) is 5.13. The van der Waals surface area contributed by atoms with E-state index in [9.17, 15) is 4.79 Å². The van der Waals surface area contributed by atoms with Crippen LogP contribution in [0, 0.1) is 13.8 Å². The molecule has 0 saturated heterocycles. The van der Waals surface area contributed by atoms with E-state index in [1.807, 2.05) is 63.2 Å². The van der Waals surface area contributed by atoms with E-state index in [1.165, 1.54) is 11.8 Å². The molecule has 1 amide bonds. The van der Waals surface area contributed by atoms with E-state index in [1.54, 1.807) is 7.11 Å². The monoisotopic (exact) mass is 397 g/mol. The van der Waals surface area contributed by atoms with E-state index in [4.69, 9.17) is 9.15 Å². The molecular weight excluding hydrogens is 374 g/mol. The number of hydrogen-bond acceptors (Lipinski definition) is 6. The van der Waals surface area contributed by atoms with Gasteiger partial charge < -0.3 is 14.5 Å². The Bertz CT molecular complexity index is 954. The molecule has 0 aliphatic carbocycles. The van der Waals surface area contributed by atoms with Crippen molar-refractivity contribution in [3.05, 3.63) is 65.0 Å². The third-order valence-corrected chi connectivity index (χ3v) is 5.18. The van der Waals surface area contributed by atoms with Crippen LogP contribution in [0.5, 0.6) is 5.75 Å². The van der Waals surface area contributed by atoms with Gasteiger partial charge in [-0.2, -0.15) is 0 Å². The second kappa shape index (κ2) is 8.93. The minimum atomic E-state index is -0.366. The Morgan fingerprint density at radius 1 is 1.18 bits per heavy atom. The van der Waals surface area contributed by atoms with E-state index in [0.717, 1.165) is 28.1 Å². The first kappa shape index (κ1) is 19.9. The summed E-state index contributed by atoms with van der Waals surface area (Å²) in [7, 11) is 1.63. The number of anilines is 1. The smallest absolute Gasteiger partial charge is 0.277 e. The number of ether oxygens (including phenoxy) is 1. The van der Waals surface area contributed by atoms with Crippen molar-refractivity contribution >= 4 is 23.4 Å². The fourth-order valence-corrected chi connectivity index (χ4v) is 3.37. The lowest BCUT2D eigenvalue weighted by atomic mass is 10.1. The van der Waals surface area contributed by atoms with Crippen LogP contribution in [-0.2, 0) is 11.2 Å². The summed E-state index contributed by atoms with van der Waals surface area (Å²) in [5.74, 6) is 1.20. The van der Waals surface area contributed by atoms with E-state index >= 15 is 0 Å². The van der Waals surface area contributed by atoms with E-state index in [0.29, 0.717) is 17.5 Å². The lowest BCUT2D eigenvalue weighted by molar-refractivity contribution is -0.115. The van der Waals surface area contributed by atoms with Gasteiger partial charge >= 0.3 is 0 Å². The van der Waals surface area contributed by atoms with Gasteiger partial charge in [0.15, 0.2) is 0 Å². The summed E-state index contributed by atoms with van der Waals surface area (Å²) in [4.78, 5) is 12.5. The van der Waals surface area contributed by atoms with Crippen LogP contribution < -0.4 is 10.1 Å². The molecule has 28 heavy (non-hydrogen) atoms. The van der Waals surface area contributed by atoms with E-state index < -0.39 is 0 Å². The number of thioether (sulfide) groups is 1. The minimum absolute atomic E-state index is 0.105. The Morgan fingerprint density at radius 3 is 2.61 bits per heavy atom. The zero-order valence-electron chi connectivity index (χ0n) is 16.4. The molecule has 0 radical (unpaired) electrons. The highest BCUT2D eigenvalue weighted by Crippen LogP contribution is 2.25. The van der Waals surface area contributed by atoms with Crippen molar-refractivity contribution in [2.24, 2.45) is 0 Å². The minimum Gasteiger partial charge on any atom is -0.497 e. The Morgan fingerprint density at radius 2 is 1.93 bits per heavy atom. The molecule has 6 nitrogen and oxygen atoms in total. The number of carbonyl (C=O) groups is 1. The van der Waals surface area contributed by atoms with Crippen molar-refractivity contribution in [1.29, 1.82) is 0 Å². The number of methoxy groups -OCH3 is 1. The summed E-state index contributed by atoms with van der Waals surface area (Å²) in [6.45, 7) is 5.82. The number of amides is 1. The molecular formula is C21H23N3O3S. The first-order valence-electron chi connectivity index (χ1n) is 8.94. The molecule has 7 heteroatoms. The molecule has 1 aromatic heterocycles. The number of aromatic nitrogens is 2. The van der Waals surface area contributed by atoms with Gasteiger partial charge in [0.05, 0.1) is 18.8 Å². The molecule has 1 unspecified atom stereocenters. The van der Waals surface area contributed by atoms with Gasteiger partial charge in [0.25, 0.3) is 5.22 Å². The van der Waals surface area contributed by atoms with Crippen LogP contribution in [0.4, 0.5) is 5.69 Å². The SMILES string of the molecule is COc1ccc(Cc2nnc(SC(C)C(=O)Nc3ccc(C)cc3C)o2)cc1. The summed E-state index contributed by atoms with van der Waals surface area (Å²) in [5.41, 5.74) is 4.05. The zero-order valence-corrected chi connectivity index (χ0v) is 17.2. The van der Waals surface area contributed by atoms with Crippen molar-refractivity contribution in [3.63, 3.8) is 0 Å². The fraction of sp³-hybridized carbons (Fsp3) is 0.286. The normalized spacial score (nSPS) is 11.9. The molecule has 0 aliphatic rings. The quantitative estimate of drug-likeness (QED) is 0.595. The van der Waals surface area contributed by atoms with Crippen LogP contribution in [-0.4, -0.2) is 28.5 Å². The maximum Gasteiger partial charge on any atom is 0.277 e. The molecule has 1 N–H and O–H groups in total. The molecule has 1 heterocycles. The first-order chi connectivity index (χ1) is 13.4. The first-order valence-corrected chi connectivity index (χ1v) is 9.82. The Labute approximate surface area is 168 Å². The number of benzene rings is 2. The van der Waals surface area contributed by atoms with Crippen LogP contribution in [0.25, 0.3) is 0 Å². The third-order valence-electron chi connectivity index (χ3n) is 4.25. The largest absolute Gasteiger partial charge is 0.497 e. The molecule has 0 spiro atoms. The highest BCUT2D eigenvalue weighted by Gasteiger charge is 2.19. The van der Waals surface area contributed by atoms with Crippen LogP contribution in [0.2, 0.25) is 0 Å². The standard InChI is InChI=1S/C21H23N3O3S/c1-13-5-10-18(14(2)11-13)22-20(25)15(3)28-21-24-23-19(27-21)12-16-6-8-17(26-4)9-7-16/h5-11,15H,12H2,1-4H3,(H,22,25). The van der Waals surface area contributed by atoms with E-state index in [-0.39, 0.29) is 11.2 Å². The molecule has 0 bridgehead atoms. The topological polar surface area (TPSA) is 77.2 Å². The molecule has 0 saturated carbocycles. The highest BCUT2D eigenvalue weighted by molar-refractivity contribution is 8.00. The number of nitrogens with zero attached hydrogens (tertiary/aromatic N) is 2. The highest BCUT2D eigenvalue weighted by atomic mass is 32.2. The van der Waals surface area contributed by atoms with Gasteiger partial charge in [0.1, 0.15) is 5.75 Å². The predicted molar refractivity (Wildman–Crippen MR) is 110 cm³/mol. The predicted octanol–water partition coefficient (Wildman–Crippen LogP) is 4.41. The van der Waals surface area contributed by atoms with Gasteiger partial charge in [-0.25, -0.2) is 0 Å². The number of carbonyl (C=O) groups excluding carboxylic acids is 1. The second-order valence-electron chi connectivity index (χ2n) is 6.55. The van der Waals surface area contributed by atoms with Gasteiger partial charge in [-0.3, -0.25) is 4.79 Å². The molecule has 3 aromatic rings. The number of hydrogen-bond donors (Lipinski definition) is 1. The molecule has 146 valence electrons. The maximum absolute atomic E-state index is 12.5.